The molecule has 2 heterocycles. The van der Waals surface area contributed by atoms with Crippen LogP contribution in [-0.2, 0) is 16.6 Å². The number of nitrogens with zero attached hydrogens (tertiary/aromatic N) is 3. The van der Waals surface area contributed by atoms with E-state index in [0.29, 0.717) is 18.0 Å². The third-order valence-corrected chi connectivity index (χ3v) is 4.98. The van der Waals surface area contributed by atoms with Crippen molar-refractivity contribution in [2.75, 3.05) is 13.2 Å². The average Bonchev–Trinajstić information content (AvgIpc) is 3.06. The summed E-state index contributed by atoms with van der Waals surface area (Å²) in [4.78, 5) is 9.74. The lowest BCUT2D eigenvalue weighted by molar-refractivity contribution is -0.392. The van der Waals surface area contributed by atoms with Crippen LogP contribution >= 0.6 is 0 Å². The van der Waals surface area contributed by atoms with Crippen molar-refractivity contribution in [3.8, 4) is 11.5 Å². The maximum absolute atomic E-state index is 12.4. The van der Waals surface area contributed by atoms with E-state index in [4.69, 9.17) is 9.47 Å². The van der Waals surface area contributed by atoms with Crippen LogP contribution in [0.4, 0.5) is 5.82 Å². The van der Waals surface area contributed by atoms with Crippen LogP contribution in [0.15, 0.2) is 35.4 Å². The lowest BCUT2D eigenvalue weighted by Crippen LogP contribution is -2.40. The SMILES string of the molecule is CCn1cc(S(=O)(=O)NCC2COc3ccccc3O2)c([N+](=O)[O-])n1. The minimum atomic E-state index is -4.11. The van der Waals surface area contributed by atoms with Gasteiger partial charge in [0.1, 0.15) is 12.7 Å². The monoisotopic (exact) mass is 368 g/mol. The predicted octanol–water partition coefficient (Wildman–Crippen LogP) is 0.929. The average molecular weight is 368 g/mol. The number of ether oxygens (including phenoxy) is 2. The van der Waals surface area contributed by atoms with Gasteiger partial charge in [0.15, 0.2) is 11.5 Å². The fourth-order valence-electron chi connectivity index (χ4n) is 2.32. The molecule has 134 valence electrons. The van der Waals surface area contributed by atoms with Gasteiger partial charge in [0.05, 0.1) is 24.4 Å². The predicted molar refractivity (Wildman–Crippen MR) is 86.1 cm³/mol. The van der Waals surface area contributed by atoms with Crippen molar-refractivity contribution < 1.29 is 22.8 Å². The minimum Gasteiger partial charge on any atom is -0.486 e. The van der Waals surface area contributed by atoms with Gasteiger partial charge in [-0.2, -0.15) is 4.68 Å². The van der Waals surface area contributed by atoms with E-state index in [1.807, 2.05) is 0 Å². The number of nitrogens with one attached hydrogen (secondary N) is 1. The highest BCUT2D eigenvalue weighted by Crippen LogP contribution is 2.30. The third-order valence-electron chi connectivity index (χ3n) is 3.56. The number of para-hydroxylation sites is 2. The van der Waals surface area contributed by atoms with Gasteiger partial charge in [0.2, 0.25) is 4.90 Å². The maximum Gasteiger partial charge on any atom is 0.410 e. The number of sulfonamides is 1. The highest BCUT2D eigenvalue weighted by atomic mass is 32.2. The second-order valence-electron chi connectivity index (χ2n) is 5.28. The Morgan fingerprint density at radius 2 is 2.12 bits per heavy atom. The molecule has 0 saturated carbocycles. The second kappa shape index (κ2) is 6.69. The molecule has 25 heavy (non-hydrogen) atoms. The molecule has 3 rings (SSSR count). The minimum absolute atomic E-state index is 0.0921. The summed E-state index contributed by atoms with van der Waals surface area (Å²) in [6.45, 7) is 2.08. The number of aryl methyl sites for hydroxylation is 1. The normalized spacial score (nSPS) is 16.6. The smallest absolute Gasteiger partial charge is 0.410 e. The highest BCUT2D eigenvalue weighted by Gasteiger charge is 2.32. The molecule has 1 aromatic heterocycles. The Labute approximate surface area is 143 Å². The number of fused-ring (bicyclic) bond motifs is 1. The van der Waals surface area contributed by atoms with E-state index in [2.05, 4.69) is 9.82 Å². The van der Waals surface area contributed by atoms with E-state index in [9.17, 15) is 18.5 Å². The first-order chi connectivity index (χ1) is 11.9. The van der Waals surface area contributed by atoms with E-state index in [1.54, 1.807) is 31.2 Å². The molecule has 0 fully saturated rings. The summed E-state index contributed by atoms with van der Waals surface area (Å²) in [6.07, 6.45) is 0.582. The van der Waals surface area contributed by atoms with Gasteiger partial charge in [0, 0.05) is 0 Å². The number of nitro groups is 1. The molecule has 0 spiro atoms. The molecule has 1 N–H and O–H groups in total. The van der Waals surface area contributed by atoms with E-state index >= 15 is 0 Å². The van der Waals surface area contributed by atoms with Crippen LogP contribution in [0.2, 0.25) is 0 Å². The summed E-state index contributed by atoms with van der Waals surface area (Å²) in [5.41, 5.74) is 0. The Balaban J connectivity index is 1.73. The van der Waals surface area contributed by atoms with Crippen LogP contribution in [0.1, 0.15) is 6.92 Å². The fourth-order valence-corrected chi connectivity index (χ4v) is 3.49. The van der Waals surface area contributed by atoms with Crippen LogP contribution in [0.3, 0.4) is 0 Å². The standard InChI is InChI=1S/C14H16N4O6S/c1-2-17-8-13(14(16-17)18(19)20)25(21,22)15-7-10-9-23-11-5-3-4-6-12(11)24-10/h3-6,8,10,15H,2,7,9H2,1H3. The molecule has 0 bridgehead atoms. The molecule has 1 aliphatic rings. The molecular formula is C14H16N4O6S. The zero-order chi connectivity index (χ0) is 18.0. The van der Waals surface area contributed by atoms with Crippen molar-refractivity contribution in [3.63, 3.8) is 0 Å². The molecule has 0 radical (unpaired) electrons. The van der Waals surface area contributed by atoms with Crippen LogP contribution in [0.5, 0.6) is 11.5 Å². The molecular weight excluding hydrogens is 352 g/mol. The van der Waals surface area contributed by atoms with Crippen molar-refractivity contribution in [2.24, 2.45) is 0 Å². The Kier molecular flexibility index (Phi) is 4.59. The zero-order valence-electron chi connectivity index (χ0n) is 13.3. The molecule has 1 atom stereocenters. The van der Waals surface area contributed by atoms with Gasteiger partial charge in [-0.05, 0) is 24.0 Å². The molecule has 0 amide bonds. The molecule has 10 nitrogen and oxygen atoms in total. The van der Waals surface area contributed by atoms with E-state index in [0.717, 1.165) is 6.20 Å². The first-order valence-electron chi connectivity index (χ1n) is 7.50. The maximum atomic E-state index is 12.4. The van der Waals surface area contributed by atoms with Crippen LogP contribution in [-0.4, -0.2) is 42.4 Å². The van der Waals surface area contributed by atoms with Crippen molar-refractivity contribution in [2.45, 2.75) is 24.5 Å². The first-order valence-corrected chi connectivity index (χ1v) is 8.99. The molecule has 2 aromatic rings. The second-order valence-corrected chi connectivity index (χ2v) is 7.01. The number of aromatic nitrogens is 2. The summed E-state index contributed by atoms with van der Waals surface area (Å²) in [6, 6.07) is 7.04. The molecule has 0 saturated heterocycles. The highest BCUT2D eigenvalue weighted by molar-refractivity contribution is 7.89. The summed E-state index contributed by atoms with van der Waals surface area (Å²) in [5, 5.41) is 14.7. The van der Waals surface area contributed by atoms with Gasteiger partial charge >= 0.3 is 5.82 Å². The van der Waals surface area contributed by atoms with Gasteiger partial charge < -0.3 is 19.6 Å². The van der Waals surface area contributed by atoms with Gasteiger partial charge in [0.25, 0.3) is 10.0 Å². The third kappa shape index (κ3) is 3.56. The number of rotatable bonds is 6. The Morgan fingerprint density at radius 1 is 1.40 bits per heavy atom. The largest absolute Gasteiger partial charge is 0.486 e. The first kappa shape index (κ1) is 17.2. The topological polar surface area (TPSA) is 126 Å². The fraction of sp³-hybridized carbons (Fsp3) is 0.357. The van der Waals surface area contributed by atoms with Crippen molar-refractivity contribution in [1.82, 2.24) is 14.5 Å². The van der Waals surface area contributed by atoms with E-state index in [1.165, 1.54) is 4.68 Å². The van der Waals surface area contributed by atoms with Gasteiger partial charge in [-0.3, -0.25) is 0 Å². The number of benzene rings is 1. The van der Waals surface area contributed by atoms with Crippen molar-refractivity contribution in [1.29, 1.82) is 0 Å². The molecule has 11 heteroatoms. The Hall–Kier alpha value is -2.66. The van der Waals surface area contributed by atoms with Crippen LogP contribution < -0.4 is 14.2 Å². The number of hydrogen-bond acceptors (Lipinski definition) is 7. The van der Waals surface area contributed by atoms with Crippen molar-refractivity contribution in [3.05, 3.63) is 40.6 Å². The van der Waals surface area contributed by atoms with Gasteiger partial charge in [-0.1, -0.05) is 12.1 Å². The van der Waals surface area contributed by atoms with Gasteiger partial charge in [-0.15, -0.1) is 0 Å². The zero-order valence-corrected chi connectivity index (χ0v) is 14.1. The summed E-state index contributed by atoms with van der Waals surface area (Å²) in [5.74, 6) is 0.393. The molecule has 1 aliphatic heterocycles. The van der Waals surface area contributed by atoms with Crippen molar-refractivity contribution >= 4 is 15.8 Å². The number of hydrogen-bond donors (Lipinski definition) is 1. The van der Waals surface area contributed by atoms with Crippen LogP contribution in [0, 0.1) is 10.1 Å². The molecule has 0 aliphatic carbocycles. The summed E-state index contributed by atoms with van der Waals surface area (Å²) >= 11 is 0. The molecule has 1 unspecified atom stereocenters. The summed E-state index contributed by atoms with van der Waals surface area (Å²) < 4.78 is 39.5. The quantitative estimate of drug-likeness (QED) is 0.594. The van der Waals surface area contributed by atoms with E-state index < -0.39 is 31.8 Å². The Morgan fingerprint density at radius 3 is 2.80 bits per heavy atom. The Bertz CT molecular complexity index is 894. The lowest BCUT2D eigenvalue weighted by atomic mass is 10.2. The lowest BCUT2D eigenvalue weighted by Gasteiger charge is -2.26. The van der Waals surface area contributed by atoms with Crippen LogP contribution in [0.25, 0.3) is 0 Å². The van der Waals surface area contributed by atoms with Gasteiger partial charge in [-0.25, -0.2) is 13.1 Å². The summed E-state index contributed by atoms with van der Waals surface area (Å²) in [7, 11) is -4.11. The van der Waals surface area contributed by atoms with E-state index in [-0.39, 0.29) is 13.2 Å². The molecule has 1 aromatic carbocycles.